The zero-order valence-corrected chi connectivity index (χ0v) is 16.6. The molecule has 2 aromatic carbocycles. The summed E-state index contributed by atoms with van der Waals surface area (Å²) in [5.74, 6) is 0.529. The van der Waals surface area contributed by atoms with Crippen LogP contribution in [0.2, 0.25) is 5.02 Å². The van der Waals surface area contributed by atoms with Crippen LogP contribution in [-0.2, 0) is 12.8 Å². The Kier molecular flexibility index (Phi) is 6.21. The molecule has 1 amide bonds. The van der Waals surface area contributed by atoms with Gasteiger partial charge in [-0.1, -0.05) is 28.9 Å². The summed E-state index contributed by atoms with van der Waals surface area (Å²) >= 11 is 5.60. The van der Waals surface area contributed by atoms with E-state index in [1.54, 1.807) is 31.2 Å². The number of halogens is 4. The maximum atomic E-state index is 13.0. The first-order valence-corrected chi connectivity index (χ1v) is 8.97. The quantitative estimate of drug-likeness (QED) is 0.548. The van der Waals surface area contributed by atoms with Crippen LogP contribution in [-0.4, -0.2) is 18.2 Å². The van der Waals surface area contributed by atoms with Crippen LogP contribution in [0.1, 0.15) is 27.4 Å². The Morgan fingerprint density at radius 2 is 1.90 bits per heavy atom. The number of hydrogen-bond acceptors (Lipinski definition) is 5. The number of benzene rings is 2. The molecule has 0 aliphatic rings. The van der Waals surface area contributed by atoms with Crippen molar-refractivity contribution in [1.29, 1.82) is 0 Å². The highest BCUT2D eigenvalue weighted by atomic mass is 35.5. The van der Waals surface area contributed by atoms with Crippen LogP contribution in [0.15, 0.2) is 47.0 Å². The van der Waals surface area contributed by atoms with Gasteiger partial charge < -0.3 is 19.3 Å². The molecule has 10 heteroatoms. The lowest BCUT2D eigenvalue weighted by atomic mass is 10.1. The van der Waals surface area contributed by atoms with Gasteiger partial charge in [-0.3, -0.25) is 4.79 Å². The number of carbonyl (C=O) groups is 1. The van der Waals surface area contributed by atoms with Crippen molar-refractivity contribution in [3.8, 4) is 11.5 Å². The van der Waals surface area contributed by atoms with Gasteiger partial charge in [-0.15, -0.1) is 0 Å². The molecule has 1 heterocycles. The minimum absolute atomic E-state index is 0.0626. The zero-order valence-electron chi connectivity index (χ0n) is 15.8. The van der Waals surface area contributed by atoms with Gasteiger partial charge in [-0.05, 0) is 37.3 Å². The predicted molar refractivity (Wildman–Crippen MR) is 103 cm³/mol. The molecule has 1 aromatic heterocycles. The molecule has 6 nitrogen and oxygen atoms in total. The van der Waals surface area contributed by atoms with E-state index in [2.05, 4.69) is 10.5 Å². The van der Waals surface area contributed by atoms with Crippen LogP contribution in [0.3, 0.4) is 0 Å². The zero-order chi connectivity index (χ0) is 21.9. The molecule has 0 fully saturated rings. The molecule has 0 unspecified atom stereocenters. The van der Waals surface area contributed by atoms with Gasteiger partial charge in [0.25, 0.3) is 5.91 Å². The average Bonchev–Trinajstić information content (AvgIpc) is 3.07. The van der Waals surface area contributed by atoms with E-state index >= 15 is 0 Å². The molecule has 0 atom stereocenters. The molecule has 0 bridgehead atoms. The van der Waals surface area contributed by atoms with E-state index in [0.29, 0.717) is 22.8 Å². The van der Waals surface area contributed by atoms with E-state index in [-0.39, 0.29) is 18.0 Å². The molecule has 0 radical (unpaired) electrons. The van der Waals surface area contributed by atoms with Crippen molar-refractivity contribution >= 4 is 23.2 Å². The molecule has 0 aliphatic heterocycles. The summed E-state index contributed by atoms with van der Waals surface area (Å²) < 4.78 is 55.1. The minimum atomic E-state index is -4.66. The van der Waals surface area contributed by atoms with Crippen LogP contribution in [0.25, 0.3) is 0 Å². The molecular weight excluding hydrogens is 425 g/mol. The van der Waals surface area contributed by atoms with Crippen molar-refractivity contribution in [2.75, 3.05) is 12.4 Å². The largest absolute Gasteiger partial charge is 0.493 e. The number of methoxy groups -OCH3 is 1. The van der Waals surface area contributed by atoms with Gasteiger partial charge in [0.2, 0.25) is 0 Å². The highest BCUT2D eigenvalue weighted by Crippen LogP contribution is 2.36. The maximum Gasteiger partial charge on any atom is 0.417 e. The van der Waals surface area contributed by atoms with Crippen LogP contribution in [0, 0.1) is 6.92 Å². The summed E-state index contributed by atoms with van der Waals surface area (Å²) in [4.78, 5) is 12.6. The fourth-order valence-corrected chi connectivity index (χ4v) is 2.86. The number of alkyl halides is 3. The molecule has 3 rings (SSSR count). The number of rotatable bonds is 6. The van der Waals surface area contributed by atoms with Crippen molar-refractivity contribution in [3.63, 3.8) is 0 Å². The van der Waals surface area contributed by atoms with Gasteiger partial charge in [0.15, 0.2) is 17.2 Å². The number of amides is 1. The standard InChI is InChI=1S/C20H16ClF3N2O4/c1-11-13(10-29-17-6-4-3-5-16(17)28-2)18(26-30-11)19(27)25-12-7-8-15(21)14(9-12)20(22,23)24/h3-9H,10H2,1-2H3,(H,25,27). The highest BCUT2D eigenvalue weighted by molar-refractivity contribution is 6.31. The summed E-state index contributed by atoms with van der Waals surface area (Å²) in [7, 11) is 1.49. The fraction of sp³-hybridized carbons (Fsp3) is 0.200. The molecule has 1 N–H and O–H groups in total. The minimum Gasteiger partial charge on any atom is -0.493 e. The maximum absolute atomic E-state index is 13.0. The number of anilines is 1. The average molecular weight is 441 g/mol. The third-order valence-electron chi connectivity index (χ3n) is 4.17. The van der Waals surface area contributed by atoms with E-state index in [1.807, 2.05) is 0 Å². The highest BCUT2D eigenvalue weighted by Gasteiger charge is 2.33. The number of ether oxygens (including phenoxy) is 2. The normalized spacial score (nSPS) is 11.3. The number of aryl methyl sites for hydroxylation is 1. The first-order valence-electron chi connectivity index (χ1n) is 8.59. The second kappa shape index (κ2) is 8.66. The van der Waals surface area contributed by atoms with E-state index < -0.39 is 22.7 Å². The van der Waals surface area contributed by atoms with Gasteiger partial charge in [0, 0.05) is 5.69 Å². The third kappa shape index (κ3) is 4.68. The summed E-state index contributed by atoms with van der Waals surface area (Å²) in [5, 5.41) is 5.61. The van der Waals surface area contributed by atoms with Gasteiger partial charge in [-0.25, -0.2) is 0 Å². The molecule has 0 saturated heterocycles. The van der Waals surface area contributed by atoms with Gasteiger partial charge in [-0.2, -0.15) is 13.2 Å². The van der Waals surface area contributed by atoms with Crippen LogP contribution in [0.5, 0.6) is 11.5 Å². The number of hydrogen-bond donors (Lipinski definition) is 1. The van der Waals surface area contributed by atoms with Crippen molar-refractivity contribution in [3.05, 3.63) is 70.1 Å². The number of nitrogens with one attached hydrogen (secondary N) is 1. The van der Waals surface area contributed by atoms with Gasteiger partial charge >= 0.3 is 6.18 Å². The Balaban J connectivity index is 1.80. The van der Waals surface area contributed by atoms with E-state index in [0.717, 1.165) is 12.1 Å². The number of nitrogens with zero attached hydrogens (tertiary/aromatic N) is 1. The fourth-order valence-electron chi connectivity index (χ4n) is 2.64. The third-order valence-corrected chi connectivity index (χ3v) is 4.50. The van der Waals surface area contributed by atoms with Crippen LogP contribution >= 0.6 is 11.6 Å². The molecular formula is C20H16ClF3N2O4. The summed E-state index contributed by atoms with van der Waals surface area (Å²) in [6.07, 6.45) is -4.66. The Bertz CT molecular complexity index is 1070. The van der Waals surface area contributed by atoms with Gasteiger partial charge in [0.1, 0.15) is 12.4 Å². The van der Waals surface area contributed by atoms with E-state index in [9.17, 15) is 18.0 Å². The lowest BCUT2D eigenvalue weighted by molar-refractivity contribution is -0.137. The lowest BCUT2D eigenvalue weighted by Gasteiger charge is -2.12. The molecule has 0 saturated carbocycles. The van der Waals surface area contributed by atoms with Crippen LogP contribution in [0.4, 0.5) is 18.9 Å². The van der Waals surface area contributed by atoms with Crippen molar-refractivity contribution < 1.29 is 32.0 Å². The number of aromatic nitrogens is 1. The van der Waals surface area contributed by atoms with Crippen molar-refractivity contribution in [2.45, 2.75) is 19.7 Å². The Morgan fingerprint density at radius 1 is 1.20 bits per heavy atom. The molecule has 158 valence electrons. The molecule has 0 aliphatic carbocycles. The second-order valence-corrected chi connectivity index (χ2v) is 6.56. The summed E-state index contributed by atoms with van der Waals surface area (Å²) in [6, 6.07) is 9.99. The number of carbonyl (C=O) groups excluding carboxylic acids is 1. The number of para-hydroxylation sites is 2. The SMILES string of the molecule is COc1ccccc1OCc1c(C(=O)Nc2ccc(Cl)c(C(F)(F)F)c2)noc1C. The first kappa shape index (κ1) is 21.5. The Morgan fingerprint density at radius 3 is 2.57 bits per heavy atom. The molecule has 30 heavy (non-hydrogen) atoms. The smallest absolute Gasteiger partial charge is 0.417 e. The first-order chi connectivity index (χ1) is 14.2. The second-order valence-electron chi connectivity index (χ2n) is 6.15. The molecule has 3 aromatic rings. The predicted octanol–water partition coefficient (Wildman–Crippen LogP) is 5.50. The summed E-state index contributed by atoms with van der Waals surface area (Å²) in [6.45, 7) is 1.53. The van der Waals surface area contributed by atoms with Crippen molar-refractivity contribution in [1.82, 2.24) is 5.16 Å². The lowest BCUT2D eigenvalue weighted by Crippen LogP contribution is -2.16. The monoisotopic (exact) mass is 440 g/mol. The topological polar surface area (TPSA) is 73.6 Å². The van der Waals surface area contributed by atoms with Gasteiger partial charge in [0.05, 0.1) is 23.3 Å². The van der Waals surface area contributed by atoms with E-state index in [4.69, 9.17) is 25.6 Å². The Labute approximate surface area is 174 Å². The summed E-state index contributed by atoms with van der Waals surface area (Å²) in [5.41, 5.74) is -0.902. The van der Waals surface area contributed by atoms with E-state index in [1.165, 1.54) is 13.2 Å². The Hall–Kier alpha value is -3.20. The van der Waals surface area contributed by atoms with Crippen molar-refractivity contribution in [2.24, 2.45) is 0 Å². The molecule has 0 spiro atoms. The van der Waals surface area contributed by atoms with Crippen LogP contribution < -0.4 is 14.8 Å².